The van der Waals surface area contributed by atoms with Gasteiger partial charge in [-0.2, -0.15) is 0 Å². The Balaban J connectivity index is 1.83. The summed E-state index contributed by atoms with van der Waals surface area (Å²) in [5.41, 5.74) is 2.81. The molecule has 1 aromatic rings. The average Bonchev–Trinajstić information content (AvgIpc) is 2.30. The Labute approximate surface area is 96.1 Å². The van der Waals surface area contributed by atoms with Gasteiger partial charge in [-0.3, -0.25) is 0 Å². The maximum Gasteiger partial charge on any atom is 0.0268 e. The molecule has 1 heteroatoms. The Morgan fingerprint density at radius 2 is 2.07 bits per heavy atom. The van der Waals surface area contributed by atoms with Crippen molar-refractivity contribution < 1.29 is 0 Å². The maximum atomic E-state index is 2.32. The fraction of sp³-hybridized carbons (Fsp3) is 0.286. The van der Waals surface area contributed by atoms with E-state index in [9.17, 15) is 0 Å². The molecule has 0 aliphatic heterocycles. The van der Waals surface area contributed by atoms with Crippen LogP contribution in [0, 0.1) is 0 Å². The van der Waals surface area contributed by atoms with Crippen molar-refractivity contribution in [1.82, 2.24) is 0 Å². The first-order chi connectivity index (χ1) is 7.34. The van der Waals surface area contributed by atoms with Crippen molar-refractivity contribution in [3.8, 4) is 0 Å². The molecule has 1 aliphatic carbocycles. The van der Waals surface area contributed by atoms with E-state index >= 15 is 0 Å². The minimum Gasteiger partial charge on any atom is -0.149 e. The molecule has 1 unspecified atom stereocenters. The summed E-state index contributed by atoms with van der Waals surface area (Å²) in [4.78, 5) is 0. The summed E-state index contributed by atoms with van der Waals surface area (Å²) in [6.45, 7) is 2.16. The molecular formula is C14H16S. The van der Waals surface area contributed by atoms with Gasteiger partial charge < -0.3 is 0 Å². The van der Waals surface area contributed by atoms with Crippen molar-refractivity contribution in [2.75, 3.05) is 0 Å². The molecule has 1 aliphatic rings. The van der Waals surface area contributed by atoms with Gasteiger partial charge >= 0.3 is 0 Å². The minimum atomic E-state index is 0.661. The molecule has 0 heterocycles. The first-order valence-electron chi connectivity index (χ1n) is 5.35. The predicted molar refractivity (Wildman–Crippen MR) is 69.0 cm³/mol. The Morgan fingerprint density at radius 3 is 2.73 bits per heavy atom. The molecule has 1 atom stereocenters. The third kappa shape index (κ3) is 3.28. The number of rotatable bonds is 3. The summed E-state index contributed by atoms with van der Waals surface area (Å²) in [6, 6.07) is 10.7. The normalized spacial score (nSPS) is 20.1. The summed E-state index contributed by atoms with van der Waals surface area (Å²) in [5.74, 6) is 1.11. The zero-order valence-electron chi connectivity index (χ0n) is 9.02. The third-order valence-electron chi connectivity index (χ3n) is 2.55. The van der Waals surface area contributed by atoms with E-state index in [0.717, 1.165) is 5.75 Å². The molecule has 78 valence electrons. The van der Waals surface area contributed by atoms with Crippen molar-refractivity contribution in [3.05, 3.63) is 59.7 Å². The van der Waals surface area contributed by atoms with Crippen LogP contribution in [0.3, 0.4) is 0 Å². The van der Waals surface area contributed by atoms with Crippen LogP contribution in [0.25, 0.3) is 0 Å². The molecule has 0 N–H and O–H groups in total. The van der Waals surface area contributed by atoms with E-state index in [2.05, 4.69) is 55.5 Å². The molecule has 0 nitrogen and oxygen atoms in total. The van der Waals surface area contributed by atoms with Crippen LogP contribution < -0.4 is 0 Å². The second kappa shape index (κ2) is 5.22. The molecular weight excluding hydrogens is 200 g/mol. The van der Waals surface area contributed by atoms with Crippen LogP contribution in [0.2, 0.25) is 0 Å². The zero-order chi connectivity index (χ0) is 10.5. The summed E-state index contributed by atoms with van der Waals surface area (Å²) >= 11 is 2.02. The number of hydrogen-bond acceptors (Lipinski definition) is 1. The van der Waals surface area contributed by atoms with E-state index in [0.29, 0.717) is 5.25 Å². The number of allylic oxidation sites excluding steroid dienone is 3. The lowest BCUT2D eigenvalue weighted by Gasteiger charge is -2.14. The van der Waals surface area contributed by atoms with Crippen LogP contribution in [0.5, 0.6) is 0 Å². The van der Waals surface area contributed by atoms with Crippen LogP contribution in [0.4, 0.5) is 0 Å². The second-order valence-electron chi connectivity index (χ2n) is 3.88. The average molecular weight is 216 g/mol. The molecule has 0 radical (unpaired) electrons. The first-order valence-corrected chi connectivity index (χ1v) is 6.40. The van der Waals surface area contributed by atoms with Crippen molar-refractivity contribution in [2.45, 2.75) is 24.3 Å². The Bertz CT molecular complexity index is 362. The van der Waals surface area contributed by atoms with Crippen LogP contribution in [-0.2, 0) is 5.75 Å². The molecule has 0 aromatic heterocycles. The molecule has 0 amide bonds. The highest BCUT2D eigenvalue weighted by Crippen LogP contribution is 2.25. The SMILES string of the molecule is CC1=CCC(SCc2ccccc2)C=C1. The lowest BCUT2D eigenvalue weighted by atomic mass is 10.1. The molecule has 15 heavy (non-hydrogen) atoms. The largest absolute Gasteiger partial charge is 0.149 e. The zero-order valence-corrected chi connectivity index (χ0v) is 9.84. The topological polar surface area (TPSA) is 0 Å². The van der Waals surface area contributed by atoms with Gasteiger partial charge in [0.05, 0.1) is 0 Å². The van der Waals surface area contributed by atoms with E-state index in [-0.39, 0.29) is 0 Å². The van der Waals surface area contributed by atoms with Crippen molar-refractivity contribution in [2.24, 2.45) is 0 Å². The lowest BCUT2D eigenvalue weighted by molar-refractivity contribution is 1.03. The highest BCUT2D eigenvalue weighted by atomic mass is 32.2. The van der Waals surface area contributed by atoms with E-state index in [4.69, 9.17) is 0 Å². The van der Waals surface area contributed by atoms with Gasteiger partial charge in [-0.25, -0.2) is 0 Å². The van der Waals surface area contributed by atoms with E-state index in [1.807, 2.05) is 11.8 Å². The smallest absolute Gasteiger partial charge is 0.0268 e. The van der Waals surface area contributed by atoms with Gasteiger partial charge in [0.15, 0.2) is 0 Å². The standard InChI is InChI=1S/C14H16S/c1-12-7-9-14(10-8-12)15-11-13-5-3-2-4-6-13/h2-9,14H,10-11H2,1H3. The van der Waals surface area contributed by atoms with Crippen LogP contribution >= 0.6 is 11.8 Å². The predicted octanol–water partition coefficient (Wildman–Crippen LogP) is 4.19. The van der Waals surface area contributed by atoms with Gasteiger partial charge in [-0.1, -0.05) is 54.1 Å². The molecule has 0 spiro atoms. The summed E-state index contributed by atoms with van der Waals surface area (Å²) in [6.07, 6.45) is 8.05. The highest BCUT2D eigenvalue weighted by molar-refractivity contribution is 7.99. The third-order valence-corrected chi connectivity index (χ3v) is 3.83. The van der Waals surface area contributed by atoms with E-state index < -0.39 is 0 Å². The monoisotopic (exact) mass is 216 g/mol. The molecule has 0 bridgehead atoms. The maximum absolute atomic E-state index is 2.32. The van der Waals surface area contributed by atoms with Crippen molar-refractivity contribution in [3.63, 3.8) is 0 Å². The second-order valence-corrected chi connectivity index (χ2v) is 5.11. The fourth-order valence-corrected chi connectivity index (χ4v) is 2.63. The molecule has 1 aromatic carbocycles. The fourth-order valence-electron chi connectivity index (χ4n) is 1.61. The summed E-state index contributed by atoms with van der Waals surface area (Å²) in [7, 11) is 0. The molecule has 0 saturated heterocycles. The van der Waals surface area contributed by atoms with Crippen LogP contribution in [0.15, 0.2) is 54.1 Å². The first kappa shape index (κ1) is 10.6. The van der Waals surface area contributed by atoms with E-state index in [1.165, 1.54) is 17.6 Å². The van der Waals surface area contributed by atoms with Crippen molar-refractivity contribution >= 4 is 11.8 Å². The molecule has 2 rings (SSSR count). The van der Waals surface area contributed by atoms with Crippen molar-refractivity contribution in [1.29, 1.82) is 0 Å². The van der Waals surface area contributed by atoms with Crippen LogP contribution in [-0.4, -0.2) is 5.25 Å². The summed E-state index contributed by atoms with van der Waals surface area (Å²) in [5, 5.41) is 0.661. The summed E-state index contributed by atoms with van der Waals surface area (Å²) < 4.78 is 0. The minimum absolute atomic E-state index is 0.661. The van der Waals surface area contributed by atoms with Gasteiger partial charge in [0, 0.05) is 11.0 Å². The molecule has 0 saturated carbocycles. The van der Waals surface area contributed by atoms with Gasteiger partial charge in [-0.15, -0.1) is 11.8 Å². The quantitative estimate of drug-likeness (QED) is 0.730. The Kier molecular flexibility index (Phi) is 3.68. The Morgan fingerprint density at radius 1 is 1.27 bits per heavy atom. The molecule has 0 fully saturated rings. The van der Waals surface area contributed by atoms with Gasteiger partial charge in [0.25, 0.3) is 0 Å². The number of benzene rings is 1. The van der Waals surface area contributed by atoms with Gasteiger partial charge in [0.2, 0.25) is 0 Å². The van der Waals surface area contributed by atoms with E-state index in [1.54, 1.807) is 0 Å². The number of hydrogen-bond donors (Lipinski definition) is 0. The van der Waals surface area contributed by atoms with Crippen LogP contribution in [0.1, 0.15) is 18.9 Å². The highest BCUT2D eigenvalue weighted by Gasteiger charge is 2.07. The van der Waals surface area contributed by atoms with Gasteiger partial charge in [-0.05, 0) is 18.9 Å². The number of thioether (sulfide) groups is 1. The Hall–Kier alpha value is -0.950. The van der Waals surface area contributed by atoms with Gasteiger partial charge in [0.1, 0.15) is 0 Å². The lowest BCUT2D eigenvalue weighted by Crippen LogP contribution is -2.01.